The minimum Gasteiger partial charge on any atom is -0.478 e. The Morgan fingerprint density at radius 2 is 2.29 bits per heavy atom. The molecule has 92 valence electrons. The average Bonchev–Trinajstić information content (AvgIpc) is 2.33. The van der Waals surface area contributed by atoms with Crippen LogP contribution in [0.1, 0.15) is 10.4 Å². The second-order valence-corrected chi connectivity index (χ2v) is 6.34. The number of aromatic nitrogens is 1. The third-order valence-corrected chi connectivity index (χ3v) is 5.34. The Morgan fingerprint density at radius 3 is 2.94 bits per heavy atom. The average molecular weight is 271 g/mol. The number of pyridine rings is 1. The monoisotopic (exact) mass is 271 g/mol. The first-order valence-corrected chi connectivity index (χ1v) is 7.50. The SMILES string of the molecule is O=C(O)c1ccc(=O)n(CC2CSCCS2)c1. The molecule has 1 aromatic rings. The molecule has 0 aliphatic carbocycles. The molecule has 1 fully saturated rings. The number of thioether (sulfide) groups is 2. The molecule has 6 heteroatoms. The largest absolute Gasteiger partial charge is 0.478 e. The number of carboxylic acids is 1. The van der Waals surface area contributed by atoms with Gasteiger partial charge in [0.25, 0.3) is 5.56 Å². The van der Waals surface area contributed by atoms with Crippen LogP contribution < -0.4 is 5.56 Å². The van der Waals surface area contributed by atoms with Crippen molar-refractivity contribution in [1.82, 2.24) is 4.57 Å². The van der Waals surface area contributed by atoms with Gasteiger partial charge < -0.3 is 9.67 Å². The van der Waals surface area contributed by atoms with E-state index in [2.05, 4.69) is 0 Å². The highest BCUT2D eigenvalue weighted by Gasteiger charge is 2.16. The van der Waals surface area contributed by atoms with Gasteiger partial charge in [0, 0.05) is 41.3 Å². The van der Waals surface area contributed by atoms with Crippen molar-refractivity contribution in [1.29, 1.82) is 0 Å². The number of carbonyl (C=O) groups is 1. The summed E-state index contributed by atoms with van der Waals surface area (Å²) < 4.78 is 1.51. The van der Waals surface area contributed by atoms with E-state index in [1.165, 1.54) is 22.9 Å². The summed E-state index contributed by atoms with van der Waals surface area (Å²) in [7, 11) is 0. The van der Waals surface area contributed by atoms with E-state index in [-0.39, 0.29) is 11.1 Å². The van der Waals surface area contributed by atoms with Crippen molar-refractivity contribution in [3.05, 3.63) is 34.2 Å². The van der Waals surface area contributed by atoms with Gasteiger partial charge in [0.15, 0.2) is 0 Å². The molecular weight excluding hydrogens is 258 g/mol. The van der Waals surface area contributed by atoms with Crippen molar-refractivity contribution < 1.29 is 9.90 Å². The lowest BCUT2D eigenvalue weighted by Crippen LogP contribution is -2.28. The number of carboxylic acid groups (broad SMARTS) is 1. The molecule has 1 unspecified atom stereocenters. The Morgan fingerprint density at radius 1 is 1.47 bits per heavy atom. The van der Waals surface area contributed by atoms with Crippen LogP contribution in [0.5, 0.6) is 0 Å². The summed E-state index contributed by atoms with van der Waals surface area (Å²) in [6, 6.07) is 2.67. The molecule has 1 atom stereocenters. The molecule has 0 saturated carbocycles. The van der Waals surface area contributed by atoms with Crippen LogP contribution >= 0.6 is 23.5 Å². The number of hydrogen-bond acceptors (Lipinski definition) is 4. The van der Waals surface area contributed by atoms with E-state index in [0.717, 1.165) is 17.3 Å². The summed E-state index contributed by atoms with van der Waals surface area (Å²) in [5, 5.41) is 9.28. The Labute approximate surface area is 107 Å². The molecule has 2 heterocycles. The third-order valence-electron chi connectivity index (χ3n) is 2.52. The van der Waals surface area contributed by atoms with Crippen molar-refractivity contribution in [3.8, 4) is 0 Å². The molecule has 1 saturated heterocycles. The predicted molar refractivity (Wildman–Crippen MR) is 71.2 cm³/mol. The number of aromatic carboxylic acids is 1. The van der Waals surface area contributed by atoms with E-state index in [4.69, 9.17) is 5.11 Å². The third kappa shape index (κ3) is 3.29. The molecule has 0 spiro atoms. The quantitative estimate of drug-likeness (QED) is 0.900. The van der Waals surface area contributed by atoms with Gasteiger partial charge in [0.2, 0.25) is 0 Å². The Balaban J connectivity index is 2.16. The summed E-state index contributed by atoms with van der Waals surface area (Å²) in [6.45, 7) is 0.595. The van der Waals surface area contributed by atoms with Crippen LogP contribution in [0.15, 0.2) is 23.1 Å². The van der Waals surface area contributed by atoms with Crippen molar-refractivity contribution in [2.75, 3.05) is 17.3 Å². The van der Waals surface area contributed by atoms with Gasteiger partial charge in [0.1, 0.15) is 0 Å². The Bertz CT molecular complexity index is 466. The molecule has 0 aromatic carbocycles. The summed E-state index contributed by atoms with van der Waals surface area (Å²) in [5.74, 6) is 2.28. The van der Waals surface area contributed by atoms with E-state index < -0.39 is 5.97 Å². The molecular formula is C11H13NO3S2. The standard InChI is InChI=1S/C11H13NO3S2/c13-10-2-1-8(11(14)15)5-12(10)6-9-7-16-3-4-17-9/h1-2,5,9H,3-4,6-7H2,(H,14,15). The summed E-state index contributed by atoms with van der Waals surface area (Å²) in [5.41, 5.74) is 0.0317. The highest BCUT2D eigenvalue weighted by molar-refractivity contribution is 8.06. The van der Waals surface area contributed by atoms with Crippen molar-refractivity contribution in [2.24, 2.45) is 0 Å². The molecule has 2 rings (SSSR count). The van der Waals surface area contributed by atoms with Gasteiger partial charge in [-0.3, -0.25) is 4.79 Å². The summed E-state index contributed by atoms with van der Waals surface area (Å²) >= 11 is 3.74. The number of hydrogen-bond donors (Lipinski definition) is 1. The van der Waals surface area contributed by atoms with Crippen LogP contribution in [0.2, 0.25) is 0 Å². The van der Waals surface area contributed by atoms with Crippen LogP contribution in [0.3, 0.4) is 0 Å². The van der Waals surface area contributed by atoms with Crippen LogP contribution in [-0.4, -0.2) is 38.2 Å². The van der Waals surface area contributed by atoms with Crippen LogP contribution in [0.25, 0.3) is 0 Å². The molecule has 0 bridgehead atoms. The van der Waals surface area contributed by atoms with Gasteiger partial charge in [-0.2, -0.15) is 23.5 Å². The lowest BCUT2D eigenvalue weighted by molar-refractivity contribution is 0.0696. The van der Waals surface area contributed by atoms with Crippen molar-refractivity contribution in [3.63, 3.8) is 0 Å². The smallest absolute Gasteiger partial charge is 0.337 e. The minimum atomic E-state index is -0.996. The normalized spacial score (nSPS) is 20.1. The van der Waals surface area contributed by atoms with Gasteiger partial charge in [-0.1, -0.05) is 0 Å². The highest BCUT2D eigenvalue weighted by atomic mass is 32.2. The van der Waals surface area contributed by atoms with Crippen LogP contribution in [-0.2, 0) is 6.54 Å². The first-order chi connectivity index (χ1) is 8.16. The number of rotatable bonds is 3. The van der Waals surface area contributed by atoms with Gasteiger partial charge in [-0.05, 0) is 6.07 Å². The van der Waals surface area contributed by atoms with Gasteiger partial charge >= 0.3 is 5.97 Å². The first kappa shape index (κ1) is 12.6. The zero-order valence-electron chi connectivity index (χ0n) is 9.17. The fourth-order valence-electron chi connectivity index (χ4n) is 1.66. The maximum absolute atomic E-state index is 11.6. The van der Waals surface area contributed by atoms with Gasteiger partial charge in [-0.25, -0.2) is 4.79 Å². The lowest BCUT2D eigenvalue weighted by Gasteiger charge is -2.21. The highest BCUT2D eigenvalue weighted by Crippen LogP contribution is 2.24. The fraction of sp³-hybridized carbons (Fsp3) is 0.455. The van der Waals surface area contributed by atoms with Gasteiger partial charge in [0.05, 0.1) is 5.56 Å². The zero-order chi connectivity index (χ0) is 12.3. The molecule has 1 aliphatic heterocycles. The van der Waals surface area contributed by atoms with E-state index in [1.807, 2.05) is 23.5 Å². The van der Waals surface area contributed by atoms with Crippen LogP contribution in [0.4, 0.5) is 0 Å². The molecule has 17 heavy (non-hydrogen) atoms. The molecule has 4 nitrogen and oxygen atoms in total. The topological polar surface area (TPSA) is 59.3 Å². The first-order valence-electron chi connectivity index (χ1n) is 5.30. The second kappa shape index (κ2) is 5.64. The van der Waals surface area contributed by atoms with E-state index in [9.17, 15) is 9.59 Å². The molecule has 1 N–H and O–H groups in total. The zero-order valence-corrected chi connectivity index (χ0v) is 10.8. The van der Waals surface area contributed by atoms with Crippen molar-refractivity contribution >= 4 is 29.5 Å². The Kier molecular flexibility index (Phi) is 4.17. The van der Waals surface area contributed by atoms with E-state index in [1.54, 1.807) is 0 Å². The maximum atomic E-state index is 11.6. The minimum absolute atomic E-state index is 0.133. The van der Waals surface area contributed by atoms with Crippen LogP contribution in [0, 0.1) is 0 Å². The molecule has 0 radical (unpaired) electrons. The second-order valence-electron chi connectivity index (χ2n) is 3.78. The number of nitrogens with zero attached hydrogens (tertiary/aromatic N) is 1. The molecule has 0 amide bonds. The fourth-order valence-corrected chi connectivity index (χ4v) is 4.33. The van der Waals surface area contributed by atoms with E-state index in [0.29, 0.717) is 11.8 Å². The summed E-state index contributed by atoms with van der Waals surface area (Å²) in [6.07, 6.45) is 1.44. The maximum Gasteiger partial charge on any atom is 0.337 e. The molecule has 1 aliphatic rings. The lowest BCUT2D eigenvalue weighted by atomic mass is 10.3. The van der Waals surface area contributed by atoms with Gasteiger partial charge in [-0.15, -0.1) is 0 Å². The van der Waals surface area contributed by atoms with Crippen molar-refractivity contribution in [2.45, 2.75) is 11.8 Å². The summed E-state index contributed by atoms with van der Waals surface area (Å²) in [4.78, 5) is 22.5. The van der Waals surface area contributed by atoms with E-state index >= 15 is 0 Å². The molecule has 1 aromatic heterocycles. The predicted octanol–water partition coefficient (Wildman–Crippen LogP) is 1.40. The Hall–Kier alpha value is -0.880.